The SMILES string of the molecule is Cc1ccn2nc(Cn3nc(-c4cc(O)cc(F)c4)c4c(N)ncnc43)nc(N(C)CCN(C)C)c12. The van der Waals surface area contributed by atoms with Crippen LogP contribution in [0.1, 0.15) is 11.4 Å². The van der Waals surface area contributed by atoms with Gasteiger partial charge in [-0.05, 0) is 44.8 Å². The van der Waals surface area contributed by atoms with E-state index in [9.17, 15) is 9.50 Å². The lowest BCUT2D eigenvalue weighted by Crippen LogP contribution is -2.30. The molecule has 186 valence electrons. The van der Waals surface area contributed by atoms with Crippen molar-refractivity contribution >= 4 is 28.2 Å². The first-order valence-electron chi connectivity index (χ1n) is 11.4. The van der Waals surface area contributed by atoms with Crippen molar-refractivity contribution < 1.29 is 9.50 Å². The van der Waals surface area contributed by atoms with E-state index in [0.717, 1.165) is 36.1 Å². The molecule has 5 rings (SSSR count). The second kappa shape index (κ2) is 9.04. The maximum absolute atomic E-state index is 14.1. The van der Waals surface area contributed by atoms with Gasteiger partial charge in [0.05, 0.1) is 5.39 Å². The Kier molecular flexibility index (Phi) is 5.88. The van der Waals surface area contributed by atoms with Crippen LogP contribution in [0.25, 0.3) is 27.8 Å². The number of nitrogens with zero attached hydrogens (tertiary/aromatic N) is 9. The van der Waals surface area contributed by atoms with Crippen molar-refractivity contribution in [3.8, 4) is 17.0 Å². The van der Waals surface area contributed by atoms with Crippen LogP contribution in [0.2, 0.25) is 0 Å². The van der Waals surface area contributed by atoms with Crippen LogP contribution in [-0.4, -0.2) is 78.6 Å². The Morgan fingerprint density at radius 3 is 2.64 bits per heavy atom. The van der Waals surface area contributed by atoms with E-state index in [1.165, 1.54) is 18.5 Å². The number of benzene rings is 1. The first-order chi connectivity index (χ1) is 17.2. The fraction of sp³-hybridized carbons (Fsp3) is 0.292. The summed E-state index contributed by atoms with van der Waals surface area (Å²) in [4.78, 5) is 17.6. The van der Waals surface area contributed by atoms with Crippen molar-refractivity contribution in [1.29, 1.82) is 0 Å². The third-order valence-electron chi connectivity index (χ3n) is 5.99. The molecule has 4 aromatic heterocycles. The van der Waals surface area contributed by atoms with Gasteiger partial charge in [-0.3, -0.25) is 0 Å². The van der Waals surface area contributed by atoms with Crippen LogP contribution in [0.3, 0.4) is 0 Å². The molecule has 0 aliphatic heterocycles. The van der Waals surface area contributed by atoms with Gasteiger partial charge in [-0.1, -0.05) is 0 Å². The summed E-state index contributed by atoms with van der Waals surface area (Å²) in [7, 11) is 6.07. The number of fused-ring (bicyclic) bond motifs is 2. The molecular weight excluding hydrogens is 463 g/mol. The highest BCUT2D eigenvalue weighted by molar-refractivity contribution is 5.98. The standard InChI is InChI=1S/C24H27FN10O/c1-14-5-6-34-21(14)24(33(4)8-7-32(2)3)29-18(30-34)12-35-23-19(22(26)27-13-28-23)20(31-35)15-9-16(25)11-17(36)10-15/h5-6,9-11,13,36H,7-8,12H2,1-4H3,(H2,26,27,28). The summed E-state index contributed by atoms with van der Waals surface area (Å²) in [5.74, 6) is 0.715. The zero-order valence-corrected chi connectivity index (χ0v) is 20.5. The number of hydrogen-bond acceptors (Lipinski definition) is 9. The number of rotatable bonds is 7. The number of anilines is 2. The first kappa shape index (κ1) is 23.4. The lowest BCUT2D eigenvalue weighted by molar-refractivity contribution is 0.416. The van der Waals surface area contributed by atoms with Crippen molar-refractivity contribution in [2.75, 3.05) is 44.9 Å². The molecule has 0 saturated heterocycles. The van der Waals surface area contributed by atoms with E-state index in [-0.39, 0.29) is 18.1 Å². The molecule has 0 radical (unpaired) electrons. The number of likely N-dealkylation sites (N-methyl/N-ethyl adjacent to an activating group) is 2. The van der Waals surface area contributed by atoms with Gasteiger partial charge >= 0.3 is 0 Å². The molecule has 1 aromatic carbocycles. The molecule has 0 atom stereocenters. The minimum Gasteiger partial charge on any atom is -0.508 e. The monoisotopic (exact) mass is 490 g/mol. The molecule has 0 spiro atoms. The first-order valence-corrected chi connectivity index (χ1v) is 11.4. The van der Waals surface area contributed by atoms with Gasteiger partial charge in [0.1, 0.15) is 41.5 Å². The average Bonchev–Trinajstić information content (AvgIpc) is 3.38. The minimum absolute atomic E-state index is 0.190. The Labute approximate surface area is 206 Å². The number of phenols is 1. The second-order valence-corrected chi connectivity index (χ2v) is 9.03. The number of aryl methyl sites for hydroxylation is 1. The third kappa shape index (κ3) is 4.26. The van der Waals surface area contributed by atoms with E-state index in [0.29, 0.717) is 28.1 Å². The van der Waals surface area contributed by atoms with Crippen LogP contribution < -0.4 is 10.6 Å². The van der Waals surface area contributed by atoms with E-state index in [2.05, 4.69) is 24.9 Å². The number of halogens is 1. The molecule has 36 heavy (non-hydrogen) atoms. The number of phenolic OH excluding ortho intramolecular Hbond substituents is 1. The number of aromatic hydroxyl groups is 1. The van der Waals surface area contributed by atoms with Crippen LogP contribution in [-0.2, 0) is 6.54 Å². The van der Waals surface area contributed by atoms with Crippen molar-refractivity contribution in [1.82, 2.24) is 39.2 Å². The smallest absolute Gasteiger partial charge is 0.173 e. The Hall–Kier alpha value is -4.32. The average molecular weight is 491 g/mol. The van der Waals surface area contributed by atoms with E-state index in [4.69, 9.17) is 15.8 Å². The Bertz CT molecular complexity index is 1550. The van der Waals surface area contributed by atoms with Crippen molar-refractivity contribution in [3.63, 3.8) is 0 Å². The predicted octanol–water partition coefficient (Wildman–Crippen LogP) is 2.32. The number of aromatic nitrogens is 7. The highest BCUT2D eigenvalue weighted by Gasteiger charge is 2.20. The van der Waals surface area contributed by atoms with Crippen molar-refractivity contribution in [2.45, 2.75) is 13.5 Å². The molecule has 4 heterocycles. The number of hydrogen-bond donors (Lipinski definition) is 2. The normalized spacial score (nSPS) is 11.7. The summed E-state index contributed by atoms with van der Waals surface area (Å²) in [5.41, 5.74) is 9.36. The van der Waals surface area contributed by atoms with Crippen LogP contribution in [0.4, 0.5) is 16.0 Å². The molecule has 0 aliphatic rings. The zero-order chi connectivity index (χ0) is 25.6. The maximum atomic E-state index is 14.1. The molecule has 0 unspecified atom stereocenters. The Balaban J connectivity index is 1.62. The highest BCUT2D eigenvalue weighted by atomic mass is 19.1. The van der Waals surface area contributed by atoms with Crippen LogP contribution in [0.5, 0.6) is 5.75 Å². The summed E-state index contributed by atoms with van der Waals surface area (Å²) in [6.45, 7) is 3.87. The fourth-order valence-electron chi connectivity index (χ4n) is 4.18. The van der Waals surface area contributed by atoms with Gasteiger partial charge in [0.2, 0.25) is 0 Å². The molecular formula is C24H27FN10O. The molecule has 0 aliphatic carbocycles. The van der Waals surface area contributed by atoms with Gasteiger partial charge in [0, 0.05) is 38.0 Å². The van der Waals surface area contributed by atoms with Gasteiger partial charge in [0.15, 0.2) is 17.3 Å². The van der Waals surface area contributed by atoms with Gasteiger partial charge in [-0.25, -0.2) is 28.5 Å². The summed E-state index contributed by atoms with van der Waals surface area (Å²) in [5, 5.41) is 19.8. The largest absolute Gasteiger partial charge is 0.508 e. The minimum atomic E-state index is -0.592. The Morgan fingerprint density at radius 1 is 1.08 bits per heavy atom. The fourth-order valence-corrected chi connectivity index (χ4v) is 4.18. The molecule has 0 saturated carbocycles. The molecule has 12 heteroatoms. The molecule has 3 N–H and O–H groups in total. The summed E-state index contributed by atoms with van der Waals surface area (Å²) in [6, 6.07) is 5.73. The summed E-state index contributed by atoms with van der Waals surface area (Å²) < 4.78 is 17.5. The van der Waals surface area contributed by atoms with E-state index < -0.39 is 5.82 Å². The Morgan fingerprint density at radius 2 is 1.89 bits per heavy atom. The topological polar surface area (TPSA) is 127 Å². The maximum Gasteiger partial charge on any atom is 0.173 e. The summed E-state index contributed by atoms with van der Waals surface area (Å²) in [6.07, 6.45) is 3.25. The zero-order valence-electron chi connectivity index (χ0n) is 20.5. The molecule has 5 aromatic rings. The van der Waals surface area contributed by atoms with Crippen LogP contribution in [0, 0.1) is 12.7 Å². The number of nitrogen functional groups attached to an aromatic ring is 1. The molecule has 0 bridgehead atoms. The van der Waals surface area contributed by atoms with E-state index in [1.807, 2.05) is 44.8 Å². The van der Waals surface area contributed by atoms with Gasteiger partial charge in [-0.15, -0.1) is 0 Å². The lowest BCUT2D eigenvalue weighted by atomic mass is 10.1. The second-order valence-electron chi connectivity index (χ2n) is 9.03. The molecule has 11 nitrogen and oxygen atoms in total. The van der Waals surface area contributed by atoms with Gasteiger partial charge in [-0.2, -0.15) is 10.2 Å². The van der Waals surface area contributed by atoms with Crippen LogP contribution >= 0.6 is 0 Å². The quantitative estimate of drug-likeness (QED) is 0.353. The van der Waals surface area contributed by atoms with Gasteiger partial charge in [0.25, 0.3) is 0 Å². The van der Waals surface area contributed by atoms with Crippen molar-refractivity contribution in [2.24, 2.45) is 0 Å². The van der Waals surface area contributed by atoms with Crippen LogP contribution in [0.15, 0.2) is 36.8 Å². The third-order valence-corrected chi connectivity index (χ3v) is 5.99. The van der Waals surface area contributed by atoms with Crippen molar-refractivity contribution in [3.05, 3.63) is 54.0 Å². The van der Waals surface area contributed by atoms with E-state index >= 15 is 0 Å². The number of nitrogens with two attached hydrogens (primary N) is 1. The lowest BCUT2D eigenvalue weighted by Gasteiger charge is -2.22. The predicted molar refractivity (Wildman–Crippen MR) is 135 cm³/mol. The highest BCUT2D eigenvalue weighted by Crippen LogP contribution is 2.32. The van der Waals surface area contributed by atoms with Gasteiger partial charge < -0.3 is 20.6 Å². The van der Waals surface area contributed by atoms with E-state index in [1.54, 1.807) is 4.68 Å². The molecule has 0 amide bonds. The summed E-state index contributed by atoms with van der Waals surface area (Å²) >= 11 is 0. The molecule has 0 fully saturated rings.